The minimum absolute atomic E-state index is 0.0588. The summed E-state index contributed by atoms with van der Waals surface area (Å²) in [7, 11) is -3.88. The van der Waals surface area contributed by atoms with Crippen LogP contribution in [0.15, 0.2) is 53.0 Å². The summed E-state index contributed by atoms with van der Waals surface area (Å²) in [6.45, 7) is 4.59. The Morgan fingerprint density at radius 3 is 2.82 bits per heavy atom. The van der Waals surface area contributed by atoms with Gasteiger partial charge in [0.15, 0.2) is 11.5 Å². The third kappa shape index (κ3) is 5.71. The Balaban J connectivity index is 1.20. The second-order valence-corrected chi connectivity index (χ2v) is 11.8. The van der Waals surface area contributed by atoms with Crippen LogP contribution in [0.25, 0.3) is 10.2 Å². The van der Waals surface area contributed by atoms with Gasteiger partial charge in [0.1, 0.15) is 36.8 Å². The van der Waals surface area contributed by atoms with Gasteiger partial charge < -0.3 is 19.5 Å². The van der Waals surface area contributed by atoms with Gasteiger partial charge >= 0.3 is 0 Å². The molecule has 2 aromatic carbocycles. The van der Waals surface area contributed by atoms with Crippen molar-refractivity contribution in [2.75, 3.05) is 13.2 Å². The number of fused-ring (bicyclic) bond motifs is 2. The van der Waals surface area contributed by atoms with Crippen LogP contribution in [0.5, 0.6) is 17.2 Å². The van der Waals surface area contributed by atoms with Crippen molar-refractivity contribution in [2.24, 2.45) is 11.1 Å². The van der Waals surface area contributed by atoms with Gasteiger partial charge in [0, 0.05) is 0 Å². The highest BCUT2D eigenvalue weighted by molar-refractivity contribution is 7.91. The lowest BCUT2D eigenvalue weighted by atomic mass is 10.0. The number of sulfonamides is 1. The van der Waals surface area contributed by atoms with E-state index >= 15 is 0 Å². The van der Waals surface area contributed by atoms with Crippen molar-refractivity contribution < 1.29 is 27.4 Å². The molecule has 4 aromatic rings. The number of rotatable bonds is 9. The number of thiazole rings is 1. The zero-order chi connectivity index (χ0) is 26.9. The number of benzene rings is 2. The number of primary sulfonamides is 1. The molecule has 14 heteroatoms. The molecule has 0 fully saturated rings. The molecule has 1 amide bonds. The monoisotopic (exact) mass is 558 g/mol. The van der Waals surface area contributed by atoms with Crippen molar-refractivity contribution in [1.82, 2.24) is 25.3 Å². The molecule has 1 unspecified atom stereocenters. The lowest BCUT2D eigenvalue weighted by molar-refractivity contribution is -0.126. The van der Waals surface area contributed by atoms with E-state index in [4.69, 9.17) is 19.3 Å². The van der Waals surface area contributed by atoms with Gasteiger partial charge in [-0.05, 0) is 36.2 Å². The average molecular weight is 559 g/mol. The molecule has 1 aliphatic rings. The first kappa shape index (κ1) is 25.9. The minimum Gasteiger partial charge on any atom is -0.487 e. The van der Waals surface area contributed by atoms with E-state index in [0.29, 0.717) is 39.8 Å². The molecular weight excluding hydrogens is 532 g/mol. The van der Waals surface area contributed by atoms with Crippen molar-refractivity contribution in [3.05, 3.63) is 54.4 Å². The number of hydrogen-bond acceptors (Lipinski definition) is 10. The predicted octanol–water partition coefficient (Wildman–Crippen LogP) is 2.27. The predicted molar refractivity (Wildman–Crippen MR) is 139 cm³/mol. The van der Waals surface area contributed by atoms with Crippen LogP contribution < -0.4 is 24.7 Å². The number of carbonyl (C=O) groups excluding carboxylic acids is 1. The van der Waals surface area contributed by atoms with E-state index in [-0.39, 0.29) is 35.4 Å². The Bertz CT molecular complexity index is 1570. The molecule has 0 aliphatic carbocycles. The molecule has 1 aliphatic heterocycles. The maximum Gasteiger partial charge on any atom is 0.265 e. The first-order valence-corrected chi connectivity index (χ1v) is 14.2. The van der Waals surface area contributed by atoms with E-state index in [2.05, 4.69) is 20.6 Å². The van der Waals surface area contributed by atoms with Crippen molar-refractivity contribution in [3.63, 3.8) is 0 Å². The normalized spacial score (nSPS) is 15.9. The highest BCUT2D eigenvalue weighted by Gasteiger charge is 2.28. The topological polar surface area (TPSA) is 161 Å². The lowest BCUT2D eigenvalue weighted by Crippen LogP contribution is -2.44. The van der Waals surface area contributed by atoms with Crippen molar-refractivity contribution in [2.45, 2.75) is 36.9 Å². The Labute approximate surface area is 222 Å². The number of hydrogen-bond donors (Lipinski definition) is 2. The van der Waals surface area contributed by atoms with Gasteiger partial charge in [0.25, 0.3) is 10.0 Å². The van der Waals surface area contributed by atoms with Crippen LogP contribution in [-0.2, 0) is 21.4 Å². The molecule has 0 radical (unpaired) electrons. The Kier molecular flexibility index (Phi) is 7.19. The van der Waals surface area contributed by atoms with Gasteiger partial charge in [-0.15, -0.1) is 16.4 Å². The molecule has 0 saturated heterocycles. The van der Waals surface area contributed by atoms with Crippen LogP contribution in [0, 0.1) is 5.92 Å². The summed E-state index contributed by atoms with van der Waals surface area (Å²) >= 11 is 0.969. The maximum atomic E-state index is 13.1. The zero-order valence-electron chi connectivity index (χ0n) is 20.6. The Morgan fingerprint density at radius 2 is 2.05 bits per heavy atom. The molecule has 0 saturated carbocycles. The van der Waals surface area contributed by atoms with E-state index in [9.17, 15) is 13.2 Å². The summed E-state index contributed by atoms with van der Waals surface area (Å²) in [5.41, 5.74) is 1.04. The van der Waals surface area contributed by atoms with Gasteiger partial charge in [0.05, 0.1) is 23.0 Å². The summed E-state index contributed by atoms with van der Waals surface area (Å²) in [5, 5.41) is 16.4. The number of nitrogens with zero attached hydrogens (tertiary/aromatic N) is 4. The van der Waals surface area contributed by atoms with Crippen molar-refractivity contribution >= 4 is 37.5 Å². The fourth-order valence-electron chi connectivity index (χ4n) is 3.98. The van der Waals surface area contributed by atoms with Crippen LogP contribution in [-0.4, -0.2) is 53.6 Å². The van der Waals surface area contributed by atoms with Gasteiger partial charge in [-0.2, -0.15) is 0 Å². The molecule has 3 heterocycles. The molecule has 12 nitrogen and oxygen atoms in total. The summed E-state index contributed by atoms with van der Waals surface area (Å²) in [6.07, 6.45) is 1.36. The molecule has 0 bridgehead atoms. The molecule has 2 aromatic heterocycles. The van der Waals surface area contributed by atoms with E-state index < -0.39 is 16.1 Å². The zero-order valence-corrected chi connectivity index (χ0v) is 22.2. The van der Waals surface area contributed by atoms with Crippen molar-refractivity contribution in [3.8, 4) is 17.2 Å². The number of carbonyl (C=O) groups is 1. The standard InChI is InChI=1S/C24H26N6O6S2/c1-14(2)22(23(31)26-10-17-13-35-19-5-3-4-6-20(19)36-17)30-11-15(28-29-30)12-34-16-7-8-18-21(9-16)37-24(27-18)38(25,32)33/h3-9,11,14,17,22H,10,12-13H2,1-2H3,(H,26,31)(H2,25,32,33)/t17?,22-/m0/s1. The SMILES string of the molecule is CC(C)[C@@H](C(=O)NCC1COc2ccccc2O1)n1cc(COc2ccc3nc(S(N)(=O)=O)sc3c2)nn1. The van der Waals surface area contributed by atoms with Gasteiger partial charge in [-0.3, -0.25) is 4.79 Å². The lowest BCUT2D eigenvalue weighted by Gasteiger charge is -2.27. The number of nitrogens with two attached hydrogens (primary N) is 1. The number of para-hydroxylation sites is 2. The quantitative estimate of drug-likeness (QED) is 0.314. The third-order valence-electron chi connectivity index (χ3n) is 5.78. The summed E-state index contributed by atoms with van der Waals surface area (Å²) in [6, 6.07) is 11.9. The summed E-state index contributed by atoms with van der Waals surface area (Å²) in [5.74, 6) is 1.58. The second-order valence-electron chi connectivity index (χ2n) is 9.06. The van der Waals surface area contributed by atoms with Gasteiger partial charge in [0.2, 0.25) is 10.2 Å². The molecule has 200 valence electrons. The first-order valence-electron chi connectivity index (χ1n) is 11.8. The first-order chi connectivity index (χ1) is 18.2. The average Bonchev–Trinajstić information content (AvgIpc) is 3.53. The summed E-state index contributed by atoms with van der Waals surface area (Å²) in [4.78, 5) is 17.1. The molecule has 3 N–H and O–H groups in total. The van der Waals surface area contributed by atoms with Crippen LogP contribution in [0.2, 0.25) is 0 Å². The van der Waals surface area contributed by atoms with E-state index in [1.807, 2.05) is 38.1 Å². The van der Waals surface area contributed by atoms with Crippen molar-refractivity contribution in [1.29, 1.82) is 0 Å². The second kappa shape index (κ2) is 10.6. The molecular formula is C24H26N6O6S2. The molecule has 38 heavy (non-hydrogen) atoms. The Morgan fingerprint density at radius 1 is 1.26 bits per heavy atom. The van der Waals surface area contributed by atoms with Crippen LogP contribution in [0.1, 0.15) is 25.6 Å². The van der Waals surface area contributed by atoms with E-state index in [0.717, 1.165) is 11.3 Å². The number of nitrogens with one attached hydrogen (secondary N) is 1. The number of aromatic nitrogens is 4. The largest absolute Gasteiger partial charge is 0.487 e. The third-order valence-corrected chi connectivity index (χ3v) is 8.12. The smallest absolute Gasteiger partial charge is 0.265 e. The summed E-state index contributed by atoms with van der Waals surface area (Å²) < 4.78 is 42.6. The molecule has 2 atom stereocenters. The van der Waals surface area contributed by atoms with E-state index in [1.165, 1.54) is 4.68 Å². The highest BCUT2D eigenvalue weighted by Crippen LogP contribution is 2.31. The van der Waals surface area contributed by atoms with E-state index in [1.54, 1.807) is 24.4 Å². The highest BCUT2D eigenvalue weighted by atomic mass is 32.2. The fraction of sp³-hybridized carbons (Fsp3) is 0.333. The molecule has 0 spiro atoms. The maximum absolute atomic E-state index is 13.1. The number of amides is 1. The molecule has 5 rings (SSSR count). The van der Waals surface area contributed by atoms with Crippen LogP contribution in [0.3, 0.4) is 0 Å². The Hall–Kier alpha value is -3.75. The number of ether oxygens (including phenoxy) is 3. The fourth-order valence-corrected chi connectivity index (χ4v) is 5.66. The van der Waals surface area contributed by atoms with Crippen LogP contribution in [0.4, 0.5) is 0 Å². The van der Waals surface area contributed by atoms with Crippen LogP contribution >= 0.6 is 11.3 Å². The van der Waals surface area contributed by atoms with Gasteiger partial charge in [-0.25, -0.2) is 23.2 Å². The van der Waals surface area contributed by atoms with Gasteiger partial charge in [-0.1, -0.05) is 31.2 Å². The minimum atomic E-state index is -3.88.